The van der Waals surface area contributed by atoms with Crippen molar-refractivity contribution in [2.45, 2.75) is 18.2 Å². The first-order valence-corrected chi connectivity index (χ1v) is 9.53. The normalized spacial score (nSPS) is 11.1. The van der Waals surface area contributed by atoms with Crippen molar-refractivity contribution in [1.29, 1.82) is 0 Å². The third-order valence-corrected chi connectivity index (χ3v) is 4.98. The van der Waals surface area contributed by atoms with Crippen LogP contribution in [0.15, 0.2) is 59.5 Å². The maximum Gasteiger partial charge on any atom is 0.257 e. The second-order valence-corrected chi connectivity index (χ2v) is 7.08. The second kappa shape index (κ2) is 9.19. The summed E-state index contributed by atoms with van der Waals surface area (Å²) in [5, 5.41) is 2.62. The summed E-state index contributed by atoms with van der Waals surface area (Å²) in [5.41, 5.74) is 1.03. The van der Waals surface area contributed by atoms with Crippen molar-refractivity contribution in [3.8, 4) is 5.75 Å². The standard InChI is InChI=1S/C18H22N2O4S/c1-2-15-8-6-7-11-17(15)24-14-18(21)19-12-13-20-25(22,23)16-9-4-3-5-10-16/h3-11,20H,2,12-14H2,1H3,(H,19,21). The van der Waals surface area contributed by atoms with Gasteiger partial charge < -0.3 is 10.1 Å². The number of hydrogen-bond donors (Lipinski definition) is 2. The SMILES string of the molecule is CCc1ccccc1OCC(=O)NCCNS(=O)(=O)c1ccccc1. The number of nitrogens with one attached hydrogen (secondary N) is 2. The Balaban J connectivity index is 1.72. The number of benzene rings is 2. The Kier molecular flexibility index (Phi) is 6.97. The summed E-state index contributed by atoms with van der Waals surface area (Å²) in [4.78, 5) is 12.0. The predicted octanol–water partition coefficient (Wildman–Crippen LogP) is 1.72. The maximum absolute atomic E-state index is 12.0. The van der Waals surface area contributed by atoms with E-state index in [2.05, 4.69) is 10.0 Å². The lowest BCUT2D eigenvalue weighted by atomic mass is 10.1. The predicted molar refractivity (Wildman–Crippen MR) is 96.0 cm³/mol. The Morgan fingerprint density at radius 1 is 1.00 bits per heavy atom. The van der Waals surface area contributed by atoms with Gasteiger partial charge in [-0.1, -0.05) is 43.3 Å². The van der Waals surface area contributed by atoms with E-state index < -0.39 is 10.0 Å². The van der Waals surface area contributed by atoms with Gasteiger partial charge in [0.1, 0.15) is 5.75 Å². The highest BCUT2D eigenvalue weighted by atomic mass is 32.2. The van der Waals surface area contributed by atoms with Crippen LogP contribution in [-0.2, 0) is 21.2 Å². The lowest BCUT2D eigenvalue weighted by molar-refractivity contribution is -0.123. The highest BCUT2D eigenvalue weighted by Crippen LogP contribution is 2.17. The molecule has 0 aliphatic heterocycles. The van der Waals surface area contributed by atoms with E-state index >= 15 is 0 Å². The van der Waals surface area contributed by atoms with Crippen LogP contribution in [0.25, 0.3) is 0 Å². The van der Waals surface area contributed by atoms with Gasteiger partial charge in [-0.2, -0.15) is 0 Å². The quantitative estimate of drug-likeness (QED) is 0.665. The molecule has 0 fully saturated rings. The Labute approximate surface area is 148 Å². The van der Waals surface area contributed by atoms with Gasteiger partial charge in [0.15, 0.2) is 6.61 Å². The highest BCUT2D eigenvalue weighted by molar-refractivity contribution is 7.89. The molecule has 0 saturated carbocycles. The Morgan fingerprint density at radius 2 is 1.68 bits per heavy atom. The summed E-state index contributed by atoms with van der Waals surface area (Å²) in [6, 6.07) is 15.6. The molecule has 0 aromatic heterocycles. The fourth-order valence-corrected chi connectivity index (χ4v) is 3.25. The minimum Gasteiger partial charge on any atom is -0.483 e. The van der Waals surface area contributed by atoms with Crippen molar-refractivity contribution in [2.24, 2.45) is 0 Å². The topological polar surface area (TPSA) is 84.5 Å². The number of carbonyl (C=O) groups is 1. The van der Waals surface area contributed by atoms with Crippen LogP contribution in [0.4, 0.5) is 0 Å². The van der Waals surface area contributed by atoms with Crippen LogP contribution in [0.5, 0.6) is 5.75 Å². The summed E-state index contributed by atoms with van der Waals surface area (Å²) >= 11 is 0. The molecule has 7 heteroatoms. The number of aryl methyl sites for hydroxylation is 1. The molecule has 2 N–H and O–H groups in total. The van der Waals surface area contributed by atoms with Gasteiger partial charge >= 0.3 is 0 Å². The molecule has 0 saturated heterocycles. The van der Waals surface area contributed by atoms with Crippen LogP contribution in [0.3, 0.4) is 0 Å². The van der Waals surface area contributed by atoms with Gasteiger partial charge in [-0.3, -0.25) is 4.79 Å². The molecule has 0 radical (unpaired) electrons. The monoisotopic (exact) mass is 362 g/mol. The molecule has 2 rings (SSSR count). The van der Waals surface area contributed by atoms with Crippen LogP contribution in [0.2, 0.25) is 0 Å². The summed E-state index contributed by atoms with van der Waals surface area (Å²) in [5.74, 6) is 0.384. The molecule has 1 amide bonds. The van der Waals surface area contributed by atoms with E-state index in [-0.39, 0.29) is 30.5 Å². The number of ether oxygens (including phenoxy) is 1. The second-order valence-electron chi connectivity index (χ2n) is 5.31. The van der Waals surface area contributed by atoms with E-state index in [4.69, 9.17) is 4.74 Å². The van der Waals surface area contributed by atoms with Crippen LogP contribution in [0, 0.1) is 0 Å². The lowest BCUT2D eigenvalue weighted by Crippen LogP contribution is -2.36. The third kappa shape index (κ3) is 5.88. The fourth-order valence-electron chi connectivity index (χ4n) is 2.20. The molecule has 0 spiro atoms. The van der Waals surface area contributed by atoms with Gasteiger partial charge in [0.25, 0.3) is 5.91 Å². The largest absolute Gasteiger partial charge is 0.483 e. The van der Waals surface area contributed by atoms with Crippen molar-refractivity contribution in [3.05, 3.63) is 60.2 Å². The molecule has 0 heterocycles. The van der Waals surface area contributed by atoms with Crippen LogP contribution in [-0.4, -0.2) is 34.0 Å². The van der Waals surface area contributed by atoms with E-state index in [0.717, 1.165) is 12.0 Å². The summed E-state index contributed by atoms with van der Waals surface area (Å²) in [6.45, 7) is 2.20. The number of hydrogen-bond acceptors (Lipinski definition) is 4. The molecular weight excluding hydrogens is 340 g/mol. The van der Waals surface area contributed by atoms with E-state index in [9.17, 15) is 13.2 Å². The zero-order valence-electron chi connectivity index (χ0n) is 14.1. The molecule has 0 aliphatic rings. The Bertz CT molecular complexity index is 792. The van der Waals surface area contributed by atoms with Gasteiger partial charge in [-0.15, -0.1) is 0 Å². The first-order chi connectivity index (χ1) is 12.0. The van der Waals surface area contributed by atoms with E-state index in [1.165, 1.54) is 12.1 Å². The van der Waals surface area contributed by atoms with Gasteiger partial charge in [0.05, 0.1) is 4.90 Å². The molecule has 134 valence electrons. The molecule has 2 aromatic rings. The number of rotatable bonds is 9. The number of amides is 1. The van der Waals surface area contributed by atoms with Crippen LogP contribution < -0.4 is 14.8 Å². The van der Waals surface area contributed by atoms with Gasteiger partial charge in [-0.25, -0.2) is 13.1 Å². The minimum absolute atomic E-state index is 0.106. The summed E-state index contributed by atoms with van der Waals surface area (Å²) in [6.07, 6.45) is 0.819. The molecule has 0 atom stereocenters. The van der Waals surface area contributed by atoms with Crippen LogP contribution >= 0.6 is 0 Å². The molecule has 0 bridgehead atoms. The smallest absolute Gasteiger partial charge is 0.257 e. The Hall–Kier alpha value is -2.38. The maximum atomic E-state index is 12.0. The van der Waals surface area contributed by atoms with Gasteiger partial charge in [0.2, 0.25) is 10.0 Å². The lowest BCUT2D eigenvalue weighted by Gasteiger charge is -2.11. The molecule has 2 aromatic carbocycles. The molecular formula is C18H22N2O4S. The van der Waals surface area contributed by atoms with E-state index in [1.807, 2.05) is 31.2 Å². The van der Waals surface area contributed by atoms with Crippen molar-refractivity contribution in [1.82, 2.24) is 10.0 Å². The van der Waals surface area contributed by atoms with Crippen molar-refractivity contribution in [3.63, 3.8) is 0 Å². The third-order valence-electron chi connectivity index (χ3n) is 3.51. The highest BCUT2D eigenvalue weighted by Gasteiger charge is 2.12. The van der Waals surface area contributed by atoms with Gasteiger partial charge in [-0.05, 0) is 30.2 Å². The average molecular weight is 362 g/mol. The van der Waals surface area contributed by atoms with Crippen molar-refractivity contribution < 1.29 is 17.9 Å². The van der Waals surface area contributed by atoms with Crippen LogP contribution in [0.1, 0.15) is 12.5 Å². The molecule has 0 unspecified atom stereocenters. The number of sulfonamides is 1. The average Bonchev–Trinajstić information content (AvgIpc) is 2.64. The Morgan fingerprint density at radius 3 is 2.40 bits per heavy atom. The summed E-state index contributed by atoms with van der Waals surface area (Å²) in [7, 11) is -3.56. The number of carbonyl (C=O) groups excluding carboxylic acids is 1. The number of para-hydroxylation sites is 1. The van der Waals surface area contributed by atoms with Crippen molar-refractivity contribution in [2.75, 3.05) is 19.7 Å². The zero-order chi connectivity index (χ0) is 18.1. The fraction of sp³-hybridized carbons (Fsp3) is 0.278. The van der Waals surface area contributed by atoms with Gasteiger partial charge in [0, 0.05) is 13.1 Å². The first kappa shape index (κ1) is 19.0. The summed E-state index contributed by atoms with van der Waals surface area (Å²) < 4.78 is 32.0. The molecule has 6 nitrogen and oxygen atoms in total. The van der Waals surface area contributed by atoms with E-state index in [0.29, 0.717) is 5.75 Å². The molecule has 25 heavy (non-hydrogen) atoms. The van der Waals surface area contributed by atoms with E-state index in [1.54, 1.807) is 18.2 Å². The minimum atomic E-state index is -3.56. The molecule has 0 aliphatic carbocycles. The first-order valence-electron chi connectivity index (χ1n) is 8.05. The van der Waals surface area contributed by atoms with Crippen molar-refractivity contribution >= 4 is 15.9 Å². The zero-order valence-corrected chi connectivity index (χ0v) is 14.9.